The van der Waals surface area contributed by atoms with Gasteiger partial charge in [-0.2, -0.15) is 6.42 Å². The molecular formula is C21H43LiO3. The van der Waals surface area contributed by atoms with Crippen molar-refractivity contribution in [3.8, 4) is 0 Å². The third-order valence-electron chi connectivity index (χ3n) is 4.21. The zero-order valence-corrected chi connectivity index (χ0v) is 17.4. The summed E-state index contributed by atoms with van der Waals surface area (Å²) in [5, 5.41) is 15.8. The second-order valence-electron chi connectivity index (χ2n) is 6.82. The van der Waals surface area contributed by atoms with E-state index in [2.05, 4.69) is 13.8 Å². The van der Waals surface area contributed by atoms with Crippen LogP contribution < -0.4 is 18.9 Å². The van der Waals surface area contributed by atoms with Crippen LogP contribution in [0.5, 0.6) is 0 Å². The van der Waals surface area contributed by atoms with Crippen LogP contribution in [0.2, 0.25) is 0 Å². The van der Waals surface area contributed by atoms with E-state index in [-0.39, 0.29) is 18.9 Å². The van der Waals surface area contributed by atoms with Crippen LogP contribution in [0.25, 0.3) is 0 Å². The third kappa shape index (κ3) is 32.2. The summed E-state index contributed by atoms with van der Waals surface area (Å²) in [6.07, 6.45) is 21.6. The third-order valence-corrected chi connectivity index (χ3v) is 4.21. The van der Waals surface area contributed by atoms with Crippen LogP contribution >= 0.6 is 0 Å². The topological polar surface area (TPSA) is 57.5 Å². The minimum Gasteiger partial charge on any atom is -0.479 e. The second kappa shape index (κ2) is 26.3. The van der Waals surface area contributed by atoms with Gasteiger partial charge in [0.2, 0.25) is 0 Å². The fraction of sp³-hybridized carbons (Fsp3) is 0.905. The number of carboxylic acids is 1. The molecule has 0 saturated heterocycles. The van der Waals surface area contributed by atoms with E-state index < -0.39 is 12.1 Å². The number of aliphatic hydroxyl groups excluding tert-OH is 1. The first-order valence-corrected chi connectivity index (χ1v) is 10.3. The summed E-state index contributed by atoms with van der Waals surface area (Å²) in [5.41, 5.74) is 0. The van der Waals surface area contributed by atoms with E-state index in [1.807, 2.05) is 0 Å². The Kier molecular flexibility index (Phi) is 31.3. The molecule has 0 aromatic heterocycles. The molecule has 4 heteroatoms. The summed E-state index contributed by atoms with van der Waals surface area (Å²) in [5.74, 6) is -1.19. The average Bonchev–Trinajstić information content (AvgIpc) is 2.55. The van der Waals surface area contributed by atoms with Crippen LogP contribution in [0.1, 0.15) is 117 Å². The summed E-state index contributed by atoms with van der Waals surface area (Å²) < 4.78 is 0. The first-order valence-electron chi connectivity index (χ1n) is 10.3. The van der Waals surface area contributed by atoms with Crippen LogP contribution in [-0.4, -0.2) is 22.3 Å². The molecule has 146 valence electrons. The van der Waals surface area contributed by atoms with Crippen LogP contribution in [0.15, 0.2) is 0 Å². The van der Waals surface area contributed by atoms with Gasteiger partial charge in [0.1, 0.15) is 6.10 Å². The quantitative estimate of drug-likeness (QED) is 0.254. The van der Waals surface area contributed by atoms with Crippen molar-refractivity contribution in [1.29, 1.82) is 0 Å². The van der Waals surface area contributed by atoms with Crippen molar-refractivity contribution >= 4 is 5.97 Å². The molecular weight excluding hydrogens is 307 g/mol. The zero-order valence-electron chi connectivity index (χ0n) is 17.4. The molecule has 0 aliphatic rings. The molecule has 0 aliphatic heterocycles. The van der Waals surface area contributed by atoms with Crippen molar-refractivity contribution in [3.05, 3.63) is 6.92 Å². The van der Waals surface area contributed by atoms with Crippen molar-refractivity contribution in [2.24, 2.45) is 0 Å². The first-order chi connectivity index (χ1) is 11.6. The Hall–Kier alpha value is 0.0274. The number of hydrogen-bond acceptors (Lipinski definition) is 2. The van der Waals surface area contributed by atoms with Crippen LogP contribution in [-0.2, 0) is 4.79 Å². The number of aliphatic hydroxyl groups is 1. The van der Waals surface area contributed by atoms with Gasteiger partial charge in [-0.05, 0) is 6.92 Å². The molecule has 0 fully saturated rings. The Labute approximate surface area is 169 Å². The van der Waals surface area contributed by atoms with Gasteiger partial charge in [-0.1, -0.05) is 103 Å². The molecule has 1 atom stereocenters. The van der Waals surface area contributed by atoms with Crippen LogP contribution in [0.3, 0.4) is 0 Å². The van der Waals surface area contributed by atoms with Gasteiger partial charge < -0.3 is 17.1 Å². The molecule has 25 heavy (non-hydrogen) atoms. The van der Waals surface area contributed by atoms with E-state index in [9.17, 15) is 4.79 Å². The average molecular weight is 351 g/mol. The van der Waals surface area contributed by atoms with Crippen molar-refractivity contribution in [3.63, 3.8) is 0 Å². The van der Waals surface area contributed by atoms with Gasteiger partial charge in [0, 0.05) is 0 Å². The van der Waals surface area contributed by atoms with Crippen molar-refractivity contribution in [2.75, 3.05) is 0 Å². The normalized spacial score (nSPS) is 11.2. The van der Waals surface area contributed by atoms with Crippen molar-refractivity contribution in [2.45, 2.75) is 123 Å². The van der Waals surface area contributed by atoms with E-state index in [0.717, 1.165) is 6.42 Å². The van der Waals surface area contributed by atoms with Gasteiger partial charge in [-0.3, -0.25) is 0 Å². The fourth-order valence-corrected chi connectivity index (χ4v) is 2.55. The van der Waals surface area contributed by atoms with Crippen molar-refractivity contribution < 1.29 is 33.9 Å². The molecule has 0 spiro atoms. The Morgan fingerprint density at radius 3 is 1.20 bits per heavy atom. The molecule has 0 amide bonds. The van der Waals surface area contributed by atoms with Crippen LogP contribution in [0, 0.1) is 6.92 Å². The van der Waals surface area contributed by atoms with Gasteiger partial charge in [0.25, 0.3) is 0 Å². The molecule has 2 N–H and O–H groups in total. The summed E-state index contributed by atoms with van der Waals surface area (Å²) in [6.45, 7) is 7.37. The minimum absolute atomic E-state index is 0. The number of carboxylic acid groups (broad SMARTS) is 1. The molecule has 0 aromatic rings. The largest absolute Gasteiger partial charge is 1.00 e. The first kappa shape index (κ1) is 29.8. The van der Waals surface area contributed by atoms with E-state index in [1.165, 1.54) is 103 Å². The molecule has 0 bridgehead atoms. The fourth-order valence-electron chi connectivity index (χ4n) is 2.55. The molecule has 0 heterocycles. The molecule has 3 nitrogen and oxygen atoms in total. The van der Waals surface area contributed by atoms with Gasteiger partial charge in [-0.15, -0.1) is 0 Å². The number of hydrogen-bond donors (Lipinski definition) is 2. The summed E-state index contributed by atoms with van der Waals surface area (Å²) in [6, 6.07) is 0. The molecule has 1 unspecified atom stereocenters. The molecule has 0 saturated carbocycles. The number of unbranched alkanes of at least 4 members (excludes halogenated alkanes) is 15. The van der Waals surface area contributed by atoms with E-state index >= 15 is 0 Å². The second-order valence-corrected chi connectivity index (χ2v) is 6.82. The number of carbonyl (C=O) groups is 1. The maximum absolute atomic E-state index is 9.45. The maximum atomic E-state index is 9.45. The summed E-state index contributed by atoms with van der Waals surface area (Å²) >= 11 is 0. The van der Waals surface area contributed by atoms with E-state index in [0.29, 0.717) is 0 Å². The Morgan fingerprint density at radius 1 is 0.760 bits per heavy atom. The standard InChI is InChI=1S/C18H37.C3H6O3.Li/c1-3-5-7-9-11-13-15-17-18-16-14-12-10-8-6-4-2;1-2(4)3(5)6;/h1,3-18H2,2H3;2,4H,1H3,(H,5,6);/q-1;;+1. The smallest absolute Gasteiger partial charge is 0.479 e. The van der Waals surface area contributed by atoms with Gasteiger partial charge in [0.05, 0.1) is 0 Å². The van der Waals surface area contributed by atoms with Gasteiger partial charge in [-0.25, -0.2) is 4.79 Å². The van der Waals surface area contributed by atoms with Gasteiger partial charge >= 0.3 is 24.8 Å². The maximum Gasteiger partial charge on any atom is 1.00 e. The summed E-state index contributed by atoms with van der Waals surface area (Å²) in [7, 11) is 0. The molecule has 0 aliphatic carbocycles. The number of aliphatic carboxylic acids is 1. The van der Waals surface area contributed by atoms with E-state index in [1.54, 1.807) is 0 Å². The van der Waals surface area contributed by atoms with Crippen molar-refractivity contribution in [1.82, 2.24) is 0 Å². The Balaban J connectivity index is -0.000000592. The SMILES string of the molecule is CC(O)C(=O)O.[CH2-]CCCCCCCCCCCCCCCCC.[Li+]. The molecule has 0 rings (SSSR count). The molecule has 0 aromatic carbocycles. The predicted molar refractivity (Wildman–Crippen MR) is 104 cm³/mol. The molecule has 0 radical (unpaired) electrons. The zero-order chi connectivity index (χ0) is 18.5. The van der Waals surface area contributed by atoms with E-state index in [4.69, 9.17) is 10.2 Å². The predicted octanol–water partition coefficient (Wildman–Crippen LogP) is 3.54. The Morgan fingerprint density at radius 2 is 1.00 bits per heavy atom. The van der Waals surface area contributed by atoms with Gasteiger partial charge in [0.15, 0.2) is 0 Å². The minimum atomic E-state index is -1.23. The monoisotopic (exact) mass is 350 g/mol. The summed E-state index contributed by atoms with van der Waals surface area (Å²) in [4.78, 5) is 9.45. The van der Waals surface area contributed by atoms with Crippen LogP contribution in [0.4, 0.5) is 0 Å². The number of rotatable bonds is 16. The Bertz CT molecular complexity index is 229.